The van der Waals surface area contributed by atoms with E-state index in [0.717, 1.165) is 17.1 Å². The number of benzene rings is 2. The summed E-state index contributed by atoms with van der Waals surface area (Å²) in [6, 6.07) is 12.4. The molecule has 1 heterocycles. The number of ether oxygens (including phenoxy) is 2. The van der Waals surface area contributed by atoms with E-state index in [-0.39, 0.29) is 10.8 Å². The van der Waals surface area contributed by atoms with Gasteiger partial charge in [0.05, 0.1) is 14.2 Å². The van der Waals surface area contributed by atoms with Crippen LogP contribution in [0.4, 0.5) is 5.69 Å². The molecule has 0 aromatic heterocycles. The number of nitrogens with zero attached hydrogens (tertiary/aromatic N) is 1. The number of allylic oxidation sites excluding steroid dienone is 7. The molecule has 34 heavy (non-hydrogen) atoms. The number of halogens is 1. The highest BCUT2D eigenvalue weighted by atomic mass is 35.5. The lowest BCUT2D eigenvalue weighted by molar-refractivity contribution is 0.413. The van der Waals surface area contributed by atoms with E-state index < -0.39 is 0 Å². The van der Waals surface area contributed by atoms with Crippen molar-refractivity contribution in [1.82, 2.24) is 0 Å². The van der Waals surface area contributed by atoms with Gasteiger partial charge in [-0.2, -0.15) is 0 Å². The standard InChI is InChI=1S/C30H36ClNO2/c1-20-10-14-23(33-8)18-25(20)29(3,4)21(2)11-12-22(31)13-17-28-30(5,6)26-19-24(34-9)15-16-27(26)32(28)7/h10-19H,2H2,1,3-9H3/b12-11+,22-13-,28-17+. The van der Waals surface area contributed by atoms with E-state index in [2.05, 4.69) is 83.5 Å². The number of methoxy groups -OCH3 is 2. The maximum Gasteiger partial charge on any atom is 0.119 e. The molecule has 3 nitrogen and oxygen atoms in total. The summed E-state index contributed by atoms with van der Waals surface area (Å²) in [5.74, 6) is 1.71. The van der Waals surface area contributed by atoms with Crippen molar-refractivity contribution in [3.05, 3.63) is 100 Å². The molecule has 2 aromatic rings. The van der Waals surface area contributed by atoms with Gasteiger partial charge in [-0.05, 0) is 77.7 Å². The molecule has 2 aromatic carbocycles. The van der Waals surface area contributed by atoms with Crippen LogP contribution in [0.3, 0.4) is 0 Å². The summed E-state index contributed by atoms with van der Waals surface area (Å²) >= 11 is 6.61. The first-order valence-electron chi connectivity index (χ1n) is 11.5. The van der Waals surface area contributed by atoms with E-state index in [1.165, 1.54) is 28.1 Å². The minimum absolute atomic E-state index is 0.161. The van der Waals surface area contributed by atoms with Crippen LogP contribution in [0.1, 0.15) is 44.4 Å². The summed E-state index contributed by atoms with van der Waals surface area (Å²) in [6.07, 6.45) is 7.96. The maximum absolute atomic E-state index is 6.61. The fourth-order valence-corrected chi connectivity index (χ4v) is 4.75. The van der Waals surface area contributed by atoms with Crippen LogP contribution in [0.5, 0.6) is 11.5 Å². The molecular weight excluding hydrogens is 442 g/mol. The third-order valence-corrected chi connectivity index (χ3v) is 7.26. The number of hydrogen-bond acceptors (Lipinski definition) is 3. The van der Waals surface area contributed by atoms with Gasteiger partial charge in [-0.15, -0.1) is 0 Å². The molecule has 0 bridgehead atoms. The summed E-state index contributed by atoms with van der Waals surface area (Å²) in [4.78, 5) is 2.22. The number of rotatable bonds is 7. The van der Waals surface area contributed by atoms with Crippen LogP contribution < -0.4 is 14.4 Å². The lowest BCUT2D eigenvalue weighted by Crippen LogP contribution is -2.22. The molecule has 0 radical (unpaired) electrons. The average Bonchev–Trinajstić information content (AvgIpc) is 3.00. The molecule has 0 amide bonds. The lowest BCUT2D eigenvalue weighted by Gasteiger charge is -2.28. The molecule has 0 saturated heterocycles. The Balaban J connectivity index is 1.83. The second-order valence-corrected chi connectivity index (χ2v) is 10.3. The normalized spacial score (nSPS) is 16.8. The molecule has 3 rings (SSSR count). The molecule has 0 fully saturated rings. The third kappa shape index (κ3) is 4.81. The molecule has 0 aliphatic carbocycles. The first kappa shape index (κ1) is 25.7. The summed E-state index contributed by atoms with van der Waals surface area (Å²) in [5.41, 5.74) is 6.53. The Morgan fingerprint density at radius 3 is 2.29 bits per heavy atom. The highest BCUT2D eigenvalue weighted by Crippen LogP contribution is 2.48. The highest BCUT2D eigenvalue weighted by Gasteiger charge is 2.38. The van der Waals surface area contributed by atoms with E-state index >= 15 is 0 Å². The minimum Gasteiger partial charge on any atom is -0.497 e. The Morgan fingerprint density at radius 2 is 1.65 bits per heavy atom. The van der Waals surface area contributed by atoms with E-state index in [1.54, 1.807) is 14.2 Å². The molecule has 1 aliphatic heterocycles. The van der Waals surface area contributed by atoms with Crippen LogP contribution in [-0.2, 0) is 10.8 Å². The summed E-state index contributed by atoms with van der Waals surface area (Å²) < 4.78 is 10.9. The van der Waals surface area contributed by atoms with Crippen LogP contribution in [-0.4, -0.2) is 21.3 Å². The van der Waals surface area contributed by atoms with Gasteiger partial charge < -0.3 is 14.4 Å². The molecular formula is C30H36ClNO2. The molecule has 0 unspecified atom stereocenters. The molecule has 180 valence electrons. The second-order valence-electron chi connectivity index (χ2n) is 9.83. The maximum atomic E-state index is 6.61. The topological polar surface area (TPSA) is 21.7 Å². The molecule has 4 heteroatoms. The molecule has 0 saturated carbocycles. The van der Waals surface area contributed by atoms with Gasteiger partial charge in [0.15, 0.2) is 0 Å². The highest BCUT2D eigenvalue weighted by molar-refractivity contribution is 6.31. The summed E-state index contributed by atoms with van der Waals surface area (Å²) in [7, 11) is 5.47. The zero-order valence-corrected chi connectivity index (χ0v) is 22.4. The summed E-state index contributed by atoms with van der Waals surface area (Å²) in [5, 5.41) is 0.643. The van der Waals surface area contributed by atoms with Crippen LogP contribution in [0.25, 0.3) is 0 Å². The van der Waals surface area contributed by atoms with Crippen molar-refractivity contribution in [2.24, 2.45) is 0 Å². The van der Waals surface area contributed by atoms with Crippen molar-refractivity contribution in [1.29, 1.82) is 0 Å². The molecule has 0 atom stereocenters. The quantitative estimate of drug-likeness (QED) is 0.379. The van der Waals surface area contributed by atoms with Gasteiger partial charge in [0, 0.05) is 34.3 Å². The van der Waals surface area contributed by atoms with E-state index in [9.17, 15) is 0 Å². The smallest absolute Gasteiger partial charge is 0.119 e. The van der Waals surface area contributed by atoms with Gasteiger partial charge in [0.1, 0.15) is 11.5 Å². The Labute approximate surface area is 210 Å². The minimum atomic E-state index is -0.265. The van der Waals surface area contributed by atoms with Crippen LogP contribution in [0.15, 0.2) is 83.6 Å². The predicted molar refractivity (Wildman–Crippen MR) is 145 cm³/mol. The van der Waals surface area contributed by atoms with Crippen molar-refractivity contribution >= 4 is 17.3 Å². The van der Waals surface area contributed by atoms with Crippen LogP contribution in [0, 0.1) is 6.92 Å². The third-order valence-electron chi connectivity index (χ3n) is 7.01. The van der Waals surface area contributed by atoms with Crippen molar-refractivity contribution in [2.75, 3.05) is 26.2 Å². The molecule has 0 N–H and O–H groups in total. The van der Waals surface area contributed by atoms with Gasteiger partial charge in [0.2, 0.25) is 0 Å². The zero-order valence-electron chi connectivity index (χ0n) is 21.6. The van der Waals surface area contributed by atoms with Gasteiger partial charge in [-0.1, -0.05) is 58.0 Å². The van der Waals surface area contributed by atoms with Crippen molar-refractivity contribution in [3.8, 4) is 11.5 Å². The molecule has 1 aliphatic rings. The average molecular weight is 478 g/mol. The summed E-state index contributed by atoms with van der Waals surface area (Å²) in [6.45, 7) is 15.2. The first-order chi connectivity index (χ1) is 15.9. The zero-order chi connectivity index (χ0) is 25.3. The Morgan fingerprint density at radius 1 is 1.03 bits per heavy atom. The largest absolute Gasteiger partial charge is 0.497 e. The van der Waals surface area contributed by atoms with Crippen molar-refractivity contribution in [3.63, 3.8) is 0 Å². The number of anilines is 1. The van der Waals surface area contributed by atoms with Crippen LogP contribution >= 0.6 is 11.6 Å². The fourth-order valence-electron chi connectivity index (χ4n) is 4.62. The number of hydrogen-bond donors (Lipinski definition) is 0. The van der Waals surface area contributed by atoms with E-state index in [1.807, 2.05) is 30.4 Å². The SMILES string of the molecule is C=C(/C=C/C(Cl)=C/C=C1/N(C)c2ccc(OC)cc2C1(C)C)C(C)(C)c1cc(OC)ccc1C. The van der Waals surface area contributed by atoms with Gasteiger partial charge >= 0.3 is 0 Å². The Bertz CT molecular complexity index is 1180. The van der Waals surface area contributed by atoms with E-state index in [0.29, 0.717) is 5.03 Å². The van der Waals surface area contributed by atoms with Gasteiger partial charge in [-0.3, -0.25) is 0 Å². The van der Waals surface area contributed by atoms with Gasteiger partial charge in [0.25, 0.3) is 0 Å². The predicted octanol–water partition coefficient (Wildman–Crippen LogP) is 7.84. The fraction of sp³-hybridized carbons (Fsp3) is 0.333. The Hall–Kier alpha value is -2.91. The van der Waals surface area contributed by atoms with Crippen LogP contribution in [0.2, 0.25) is 0 Å². The number of aryl methyl sites for hydroxylation is 1. The second kappa shape index (κ2) is 9.76. The first-order valence-corrected chi connectivity index (χ1v) is 11.8. The van der Waals surface area contributed by atoms with E-state index in [4.69, 9.17) is 21.1 Å². The Kier molecular flexibility index (Phi) is 7.38. The lowest BCUT2D eigenvalue weighted by atomic mass is 9.76. The van der Waals surface area contributed by atoms with Crippen molar-refractivity contribution < 1.29 is 9.47 Å². The number of fused-ring (bicyclic) bond motifs is 1. The van der Waals surface area contributed by atoms with Crippen molar-refractivity contribution in [2.45, 2.75) is 45.4 Å². The van der Waals surface area contributed by atoms with Gasteiger partial charge in [-0.25, -0.2) is 0 Å². The monoisotopic (exact) mass is 477 g/mol. The number of likely N-dealkylation sites (N-methyl/N-ethyl adjacent to an activating group) is 1. The molecule has 0 spiro atoms.